The van der Waals surface area contributed by atoms with Crippen LogP contribution in [0.1, 0.15) is 25.7 Å². The predicted molar refractivity (Wildman–Crippen MR) is 58.9 cm³/mol. The lowest BCUT2D eigenvalue weighted by atomic mass is 10.1. The molecule has 0 aliphatic carbocycles. The van der Waals surface area contributed by atoms with Crippen molar-refractivity contribution >= 4 is 5.91 Å². The highest BCUT2D eigenvalue weighted by atomic mass is 16.5. The van der Waals surface area contributed by atoms with Crippen molar-refractivity contribution in [2.45, 2.75) is 43.9 Å². The molecule has 2 fully saturated rings. The normalized spacial score (nSPS) is 34.9. The second-order valence-electron chi connectivity index (χ2n) is 4.48. The average Bonchev–Trinajstić information content (AvgIpc) is 2.79. The van der Waals surface area contributed by atoms with Gasteiger partial charge in [0, 0.05) is 13.2 Å². The Bertz CT molecular complexity index is 241. The van der Waals surface area contributed by atoms with E-state index in [2.05, 4.69) is 5.32 Å². The highest BCUT2D eigenvalue weighted by molar-refractivity contribution is 5.81. The molecule has 5 heteroatoms. The van der Waals surface area contributed by atoms with Crippen LogP contribution in [0.3, 0.4) is 0 Å². The van der Waals surface area contributed by atoms with E-state index in [0.717, 1.165) is 32.3 Å². The molecule has 0 aromatic carbocycles. The molecule has 0 aromatic heterocycles. The zero-order chi connectivity index (χ0) is 11.4. The van der Waals surface area contributed by atoms with Crippen LogP contribution in [0, 0.1) is 0 Å². The zero-order valence-corrected chi connectivity index (χ0v) is 9.48. The van der Waals surface area contributed by atoms with Gasteiger partial charge in [-0.3, -0.25) is 4.79 Å². The van der Waals surface area contributed by atoms with E-state index in [0.29, 0.717) is 13.2 Å². The van der Waals surface area contributed by atoms with Gasteiger partial charge in [-0.2, -0.15) is 0 Å². The Labute approximate surface area is 95.7 Å². The van der Waals surface area contributed by atoms with E-state index in [1.807, 2.05) is 0 Å². The van der Waals surface area contributed by atoms with Gasteiger partial charge in [0.2, 0.25) is 5.91 Å². The molecule has 2 saturated heterocycles. The molecule has 2 aliphatic heterocycles. The van der Waals surface area contributed by atoms with Crippen LogP contribution in [0.25, 0.3) is 0 Å². The predicted octanol–water partition coefficient (Wildman–Crippen LogP) is -0.212. The van der Waals surface area contributed by atoms with Gasteiger partial charge in [-0.25, -0.2) is 0 Å². The van der Waals surface area contributed by atoms with Gasteiger partial charge in [0.15, 0.2) is 0 Å². The molecule has 2 heterocycles. The van der Waals surface area contributed by atoms with Crippen molar-refractivity contribution in [1.29, 1.82) is 0 Å². The first-order valence-corrected chi connectivity index (χ1v) is 6.03. The second-order valence-corrected chi connectivity index (χ2v) is 4.48. The second kappa shape index (κ2) is 5.61. The first-order valence-electron chi connectivity index (χ1n) is 6.03. The van der Waals surface area contributed by atoms with Crippen LogP contribution in [-0.2, 0) is 14.3 Å². The van der Waals surface area contributed by atoms with Gasteiger partial charge in [0.1, 0.15) is 6.10 Å². The fourth-order valence-electron chi connectivity index (χ4n) is 2.22. The standard InChI is InChI=1S/C11H20N2O3/c12-6-9-3-4-10(16-9)11(14)13-8-2-1-5-15-7-8/h8-10H,1-7,12H2,(H,13,14). The number of hydrogen-bond donors (Lipinski definition) is 2. The van der Waals surface area contributed by atoms with E-state index in [-0.39, 0.29) is 24.2 Å². The fourth-order valence-corrected chi connectivity index (χ4v) is 2.22. The van der Waals surface area contributed by atoms with Gasteiger partial charge < -0.3 is 20.5 Å². The van der Waals surface area contributed by atoms with Crippen molar-refractivity contribution in [1.82, 2.24) is 5.32 Å². The summed E-state index contributed by atoms with van der Waals surface area (Å²) >= 11 is 0. The number of nitrogens with two attached hydrogens (primary N) is 1. The van der Waals surface area contributed by atoms with Gasteiger partial charge in [0.05, 0.1) is 18.8 Å². The van der Waals surface area contributed by atoms with Crippen LogP contribution in [0.15, 0.2) is 0 Å². The van der Waals surface area contributed by atoms with E-state index in [4.69, 9.17) is 15.2 Å². The van der Waals surface area contributed by atoms with Gasteiger partial charge >= 0.3 is 0 Å². The molecule has 0 aromatic rings. The first-order chi connectivity index (χ1) is 7.79. The van der Waals surface area contributed by atoms with Crippen molar-refractivity contribution < 1.29 is 14.3 Å². The summed E-state index contributed by atoms with van der Waals surface area (Å²) < 4.78 is 10.8. The van der Waals surface area contributed by atoms with E-state index < -0.39 is 0 Å². The summed E-state index contributed by atoms with van der Waals surface area (Å²) in [5, 5.41) is 2.98. The van der Waals surface area contributed by atoms with Gasteiger partial charge in [-0.1, -0.05) is 0 Å². The van der Waals surface area contributed by atoms with Crippen LogP contribution < -0.4 is 11.1 Å². The third-order valence-electron chi connectivity index (χ3n) is 3.17. The number of rotatable bonds is 3. The molecule has 3 N–H and O–H groups in total. The lowest BCUT2D eigenvalue weighted by molar-refractivity contribution is -0.133. The Hall–Kier alpha value is -0.650. The largest absolute Gasteiger partial charge is 0.379 e. The van der Waals surface area contributed by atoms with Crippen LogP contribution in [-0.4, -0.2) is 43.9 Å². The van der Waals surface area contributed by atoms with E-state index in [1.54, 1.807) is 0 Å². The molecule has 16 heavy (non-hydrogen) atoms. The average molecular weight is 228 g/mol. The number of ether oxygens (including phenoxy) is 2. The Kier molecular flexibility index (Phi) is 4.15. The maximum Gasteiger partial charge on any atom is 0.249 e. The summed E-state index contributed by atoms with van der Waals surface area (Å²) in [5.74, 6) is -0.00792. The van der Waals surface area contributed by atoms with E-state index in [1.165, 1.54) is 0 Å². The summed E-state index contributed by atoms with van der Waals surface area (Å²) in [5.41, 5.74) is 5.50. The third-order valence-corrected chi connectivity index (χ3v) is 3.17. The minimum Gasteiger partial charge on any atom is -0.379 e. The SMILES string of the molecule is NCC1CCC(C(=O)NC2CCCOC2)O1. The summed E-state index contributed by atoms with van der Waals surface area (Å²) in [6, 6.07) is 0.154. The topological polar surface area (TPSA) is 73.6 Å². The van der Waals surface area contributed by atoms with Crippen LogP contribution in [0.2, 0.25) is 0 Å². The Morgan fingerprint density at radius 2 is 2.25 bits per heavy atom. The van der Waals surface area contributed by atoms with Gasteiger partial charge in [-0.05, 0) is 25.7 Å². The van der Waals surface area contributed by atoms with Crippen molar-refractivity contribution in [2.24, 2.45) is 5.73 Å². The molecule has 3 atom stereocenters. The highest BCUT2D eigenvalue weighted by Gasteiger charge is 2.31. The van der Waals surface area contributed by atoms with Crippen molar-refractivity contribution in [3.63, 3.8) is 0 Å². The first kappa shape index (κ1) is 11.8. The van der Waals surface area contributed by atoms with E-state index in [9.17, 15) is 4.79 Å². The highest BCUT2D eigenvalue weighted by Crippen LogP contribution is 2.19. The van der Waals surface area contributed by atoms with Crippen molar-refractivity contribution in [3.8, 4) is 0 Å². The number of carbonyl (C=O) groups excluding carboxylic acids is 1. The Morgan fingerprint density at radius 3 is 2.88 bits per heavy atom. The quantitative estimate of drug-likeness (QED) is 0.701. The molecular weight excluding hydrogens is 208 g/mol. The summed E-state index contributed by atoms with van der Waals surface area (Å²) in [6.07, 6.45) is 3.42. The third kappa shape index (κ3) is 2.93. The van der Waals surface area contributed by atoms with Crippen molar-refractivity contribution in [3.05, 3.63) is 0 Å². The molecule has 1 amide bonds. The van der Waals surface area contributed by atoms with Crippen LogP contribution in [0.4, 0.5) is 0 Å². The molecule has 0 radical (unpaired) electrons. The van der Waals surface area contributed by atoms with Gasteiger partial charge in [-0.15, -0.1) is 0 Å². The monoisotopic (exact) mass is 228 g/mol. The molecule has 3 unspecified atom stereocenters. The lowest BCUT2D eigenvalue weighted by Gasteiger charge is -2.24. The molecule has 0 saturated carbocycles. The molecule has 0 spiro atoms. The summed E-state index contributed by atoms with van der Waals surface area (Å²) in [4.78, 5) is 11.8. The number of hydrogen-bond acceptors (Lipinski definition) is 4. The number of amides is 1. The number of carbonyl (C=O) groups is 1. The summed E-state index contributed by atoms with van der Waals surface area (Å²) in [6.45, 7) is 1.93. The Balaban J connectivity index is 1.75. The maximum atomic E-state index is 11.8. The lowest BCUT2D eigenvalue weighted by Crippen LogP contribution is -2.45. The van der Waals surface area contributed by atoms with E-state index >= 15 is 0 Å². The van der Waals surface area contributed by atoms with Crippen molar-refractivity contribution in [2.75, 3.05) is 19.8 Å². The van der Waals surface area contributed by atoms with Crippen LogP contribution in [0.5, 0.6) is 0 Å². The maximum absolute atomic E-state index is 11.8. The Morgan fingerprint density at radius 1 is 1.38 bits per heavy atom. The summed E-state index contributed by atoms with van der Waals surface area (Å²) in [7, 11) is 0. The molecule has 2 aliphatic rings. The van der Waals surface area contributed by atoms with Gasteiger partial charge in [0.25, 0.3) is 0 Å². The number of nitrogens with one attached hydrogen (secondary N) is 1. The molecule has 5 nitrogen and oxygen atoms in total. The fraction of sp³-hybridized carbons (Fsp3) is 0.909. The van der Waals surface area contributed by atoms with Crippen LogP contribution >= 0.6 is 0 Å². The minimum absolute atomic E-state index is 0.00792. The molecule has 92 valence electrons. The smallest absolute Gasteiger partial charge is 0.249 e. The molecule has 2 rings (SSSR count). The minimum atomic E-state index is -0.310. The molecule has 0 bridgehead atoms. The molecular formula is C11H20N2O3. The zero-order valence-electron chi connectivity index (χ0n) is 9.48.